The van der Waals surface area contributed by atoms with Gasteiger partial charge < -0.3 is 0 Å². The number of benzene rings is 3. The Kier molecular flexibility index (Phi) is 5.36. The van der Waals surface area contributed by atoms with Crippen molar-refractivity contribution in [3.63, 3.8) is 0 Å². The number of aryl methyl sites for hydroxylation is 2. The van der Waals surface area contributed by atoms with E-state index in [0.29, 0.717) is 9.87 Å². The standard InChI is InChI=1S/C24H20F3NO3S/c1-15-8-11-18(12-9-15)32(30,31)28-20-13-10-16(2)14-19(20)21(24(25,26)27)22(28)23(29)17-6-4-3-5-7-17/h3-14,21-22H,1-2H3/t21-,22-/m1/s1. The molecule has 0 aromatic heterocycles. The highest BCUT2D eigenvalue weighted by Crippen LogP contribution is 2.52. The van der Waals surface area contributed by atoms with Gasteiger partial charge in [-0.1, -0.05) is 65.7 Å². The molecule has 0 saturated heterocycles. The van der Waals surface area contributed by atoms with Crippen LogP contribution < -0.4 is 4.31 Å². The van der Waals surface area contributed by atoms with Gasteiger partial charge in [0.05, 0.1) is 10.6 Å². The zero-order chi connectivity index (χ0) is 23.3. The molecule has 2 atom stereocenters. The normalized spacial score (nSPS) is 18.5. The minimum absolute atomic E-state index is 0.0142. The molecule has 3 aromatic rings. The number of fused-ring (bicyclic) bond motifs is 1. The lowest BCUT2D eigenvalue weighted by molar-refractivity contribution is -0.150. The second kappa shape index (κ2) is 7.78. The topological polar surface area (TPSA) is 54.5 Å². The summed E-state index contributed by atoms with van der Waals surface area (Å²) >= 11 is 0. The van der Waals surface area contributed by atoms with Crippen LogP contribution in [-0.4, -0.2) is 26.4 Å². The van der Waals surface area contributed by atoms with Gasteiger partial charge in [-0.25, -0.2) is 8.42 Å². The van der Waals surface area contributed by atoms with E-state index in [9.17, 15) is 26.4 Å². The number of rotatable bonds is 4. The minimum Gasteiger partial charge on any atom is -0.292 e. The van der Waals surface area contributed by atoms with Crippen molar-refractivity contribution < 1.29 is 26.4 Å². The number of nitrogens with zero attached hydrogens (tertiary/aromatic N) is 1. The van der Waals surface area contributed by atoms with Gasteiger partial charge in [-0.3, -0.25) is 9.10 Å². The molecule has 0 N–H and O–H groups in total. The fraction of sp³-hybridized carbons (Fsp3) is 0.208. The van der Waals surface area contributed by atoms with Gasteiger partial charge in [-0.2, -0.15) is 13.2 Å². The van der Waals surface area contributed by atoms with Crippen molar-refractivity contribution in [1.82, 2.24) is 0 Å². The van der Waals surface area contributed by atoms with Crippen LogP contribution in [-0.2, 0) is 10.0 Å². The van der Waals surface area contributed by atoms with Crippen molar-refractivity contribution >= 4 is 21.5 Å². The molecule has 0 unspecified atom stereocenters. The third-order valence-electron chi connectivity index (χ3n) is 5.58. The monoisotopic (exact) mass is 459 g/mol. The van der Waals surface area contributed by atoms with Crippen LogP contribution >= 0.6 is 0 Å². The zero-order valence-corrected chi connectivity index (χ0v) is 18.1. The number of hydrogen-bond acceptors (Lipinski definition) is 3. The predicted octanol–water partition coefficient (Wildman–Crippen LogP) is 5.41. The second-order valence-electron chi connectivity index (χ2n) is 7.87. The predicted molar refractivity (Wildman–Crippen MR) is 115 cm³/mol. The first kappa shape index (κ1) is 22.1. The summed E-state index contributed by atoms with van der Waals surface area (Å²) in [5.41, 5.74) is 1.00. The van der Waals surface area contributed by atoms with E-state index in [0.717, 1.165) is 5.56 Å². The number of halogens is 3. The van der Waals surface area contributed by atoms with E-state index in [1.165, 1.54) is 48.5 Å². The maximum Gasteiger partial charge on any atom is 0.398 e. The SMILES string of the molecule is Cc1ccc(S(=O)(=O)N2c3ccc(C)cc3[C@@H](C(F)(F)F)[C@@H]2C(=O)c2ccccc2)cc1. The third kappa shape index (κ3) is 3.68. The van der Waals surface area contributed by atoms with Gasteiger partial charge in [-0.05, 0) is 37.6 Å². The number of carbonyl (C=O) groups is 1. The molecular weight excluding hydrogens is 439 g/mol. The molecule has 166 valence electrons. The van der Waals surface area contributed by atoms with Crippen LogP contribution in [0.15, 0.2) is 77.7 Å². The Hall–Kier alpha value is -3.13. The highest BCUT2D eigenvalue weighted by Gasteiger charge is 2.58. The largest absolute Gasteiger partial charge is 0.398 e. The number of carbonyl (C=O) groups excluding carboxylic acids is 1. The lowest BCUT2D eigenvalue weighted by Gasteiger charge is -2.29. The fourth-order valence-electron chi connectivity index (χ4n) is 4.07. The quantitative estimate of drug-likeness (QED) is 0.490. The maximum atomic E-state index is 14.3. The molecule has 4 rings (SSSR count). The van der Waals surface area contributed by atoms with Crippen molar-refractivity contribution in [1.29, 1.82) is 0 Å². The number of hydrogen-bond donors (Lipinski definition) is 0. The molecule has 8 heteroatoms. The first-order valence-electron chi connectivity index (χ1n) is 9.89. The van der Waals surface area contributed by atoms with Crippen LogP contribution in [0.3, 0.4) is 0 Å². The van der Waals surface area contributed by atoms with E-state index in [2.05, 4.69) is 0 Å². The van der Waals surface area contributed by atoms with Crippen molar-refractivity contribution in [2.45, 2.75) is 36.9 Å². The summed E-state index contributed by atoms with van der Waals surface area (Å²) < 4.78 is 70.9. The Balaban J connectivity index is 1.98. The van der Waals surface area contributed by atoms with E-state index < -0.39 is 33.9 Å². The van der Waals surface area contributed by atoms with Crippen molar-refractivity contribution in [3.05, 3.63) is 95.1 Å². The summed E-state index contributed by atoms with van der Waals surface area (Å²) in [5, 5.41) is 0. The van der Waals surface area contributed by atoms with Crippen LogP contribution in [0.25, 0.3) is 0 Å². The van der Waals surface area contributed by atoms with Crippen LogP contribution in [0.1, 0.15) is 33.0 Å². The highest BCUT2D eigenvalue weighted by molar-refractivity contribution is 7.93. The summed E-state index contributed by atoms with van der Waals surface area (Å²) in [5.74, 6) is -3.19. The molecule has 0 fully saturated rings. The summed E-state index contributed by atoms with van der Waals surface area (Å²) in [4.78, 5) is 13.2. The first-order valence-corrected chi connectivity index (χ1v) is 11.3. The van der Waals surface area contributed by atoms with Crippen LogP contribution in [0.4, 0.5) is 18.9 Å². The minimum atomic E-state index is -4.84. The molecule has 4 nitrogen and oxygen atoms in total. The molecule has 0 bridgehead atoms. The molecule has 0 radical (unpaired) electrons. The number of anilines is 1. The summed E-state index contributed by atoms with van der Waals surface area (Å²) in [7, 11) is -4.46. The van der Waals surface area contributed by atoms with Crippen LogP contribution in [0, 0.1) is 13.8 Å². The molecule has 0 aliphatic carbocycles. The molecule has 0 saturated carbocycles. The maximum absolute atomic E-state index is 14.3. The zero-order valence-electron chi connectivity index (χ0n) is 17.3. The smallest absolute Gasteiger partial charge is 0.292 e. The Bertz CT molecular complexity index is 1270. The van der Waals surface area contributed by atoms with Gasteiger partial charge >= 0.3 is 6.18 Å². The molecule has 32 heavy (non-hydrogen) atoms. The van der Waals surface area contributed by atoms with Gasteiger partial charge in [0, 0.05) is 5.56 Å². The van der Waals surface area contributed by atoms with Gasteiger partial charge in [0.2, 0.25) is 0 Å². The lowest BCUT2D eigenvalue weighted by Crippen LogP contribution is -2.47. The summed E-state index contributed by atoms with van der Waals surface area (Å²) in [6.45, 7) is 3.39. The fourth-order valence-corrected chi connectivity index (χ4v) is 5.72. The molecule has 1 heterocycles. The lowest BCUT2D eigenvalue weighted by atomic mass is 9.89. The van der Waals surface area contributed by atoms with E-state index in [4.69, 9.17) is 0 Å². The Morgan fingerprint density at radius 2 is 1.47 bits per heavy atom. The van der Waals surface area contributed by atoms with Gasteiger partial charge in [0.25, 0.3) is 10.0 Å². The molecule has 3 aromatic carbocycles. The van der Waals surface area contributed by atoms with Crippen molar-refractivity contribution in [3.8, 4) is 0 Å². The molecule has 0 amide bonds. The van der Waals surface area contributed by atoms with E-state index >= 15 is 0 Å². The van der Waals surface area contributed by atoms with Crippen LogP contribution in [0.5, 0.6) is 0 Å². The average Bonchev–Trinajstić information content (AvgIpc) is 3.09. The van der Waals surface area contributed by atoms with Crippen molar-refractivity contribution in [2.75, 3.05) is 4.31 Å². The van der Waals surface area contributed by atoms with Gasteiger partial charge in [-0.15, -0.1) is 0 Å². The molecular formula is C24H20F3NO3S. The first-order chi connectivity index (χ1) is 15.0. The van der Waals surface area contributed by atoms with E-state index in [1.54, 1.807) is 38.1 Å². The number of sulfonamides is 1. The third-order valence-corrected chi connectivity index (χ3v) is 7.39. The number of ketones is 1. The molecule has 0 spiro atoms. The number of alkyl halides is 3. The highest BCUT2D eigenvalue weighted by atomic mass is 32.2. The number of Topliss-reactive ketones (excluding diaryl/α,β-unsaturated/α-hetero) is 1. The van der Waals surface area contributed by atoms with Crippen molar-refractivity contribution in [2.24, 2.45) is 0 Å². The second-order valence-corrected chi connectivity index (χ2v) is 9.69. The average molecular weight is 459 g/mol. The molecule has 1 aliphatic heterocycles. The van der Waals surface area contributed by atoms with Gasteiger partial charge in [0.1, 0.15) is 12.0 Å². The van der Waals surface area contributed by atoms with Gasteiger partial charge in [0.15, 0.2) is 5.78 Å². The Morgan fingerprint density at radius 3 is 2.06 bits per heavy atom. The summed E-state index contributed by atoms with van der Waals surface area (Å²) in [6.07, 6.45) is -4.84. The Labute approximate surface area is 184 Å². The Morgan fingerprint density at radius 1 is 0.875 bits per heavy atom. The van der Waals surface area contributed by atoms with Crippen LogP contribution in [0.2, 0.25) is 0 Å². The van der Waals surface area contributed by atoms with E-state index in [1.807, 2.05) is 0 Å². The van der Waals surface area contributed by atoms with E-state index in [-0.39, 0.29) is 21.7 Å². The molecule has 1 aliphatic rings. The summed E-state index contributed by atoms with van der Waals surface area (Å²) in [6, 6.07) is 15.5.